The highest BCUT2D eigenvalue weighted by Gasteiger charge is 2.36. The molecule has 1 aromatic heterocycles. The van der Waals surface area contributed by atoms with Crippen LogP contribution in [-0.2, 0) is 16.6 Å². The molecule has 0 radical (unpaired) electrons. The molecule has 0 aliphatic heterocycles. The summed E-state index contributed by atoms with van der Waals surface area (Å²) in [6.45, 7) is 3.52. The zero-order valence-electron chi connectivity index (χ0n) is 12.5. The largest absolute Gasteiger partial charge is 0.309 e. The highest BCUT2D eigenvalue weighted by Crippen LogP contribution is 2.43. The van der Waals surface area contributed by atoms with Gasteiger partial charge in [0.2, 0.25) is 10.0 Å². The van der Waals surface area contributed by atoms with Crippen molar-refractivity contribution in [1.29, 1.82) is 0 Å². The molecule has 3 rings (SSSR count). The molecular formula is C15H24N2O2S2. The first-order valence-electron chi connectivity index (χ1n) is 7.85. The van der Waals surface area contributed by atoms with Gasteiger partial charge in [0, 0.05) is 24.0 Å². The van der Waals surface area contributed by atoms with Gasteiger partial charge in [-0.3, -0.25) is 0 Å². The van der Waals surface area contributed by atoms with Crippen molar-refractivity contribution in [2.75, 3.05) is 6.54 Å². The fourth-order valence-corrected chi connectivity index (χ4v) is 5.29. The van der Waals surface area contributed by atoms with Crippen molar-refractivity contribution in [3.05, 3.63) is 17.0 Å². The quantitative estimate of drug-likeness (QED) is 0.771. The van der Waals surface area contributed by atoms with Crippen molar-refractivity contribution < 1.29 is 8.42 Å². The fraction of sp³-hybridized carbons (Fsp3) is 0.733. The van der Waals surface area contributed by atoms with E-state index < -0.39 is 10.0 Å². The van der Waals surface area contributed by atoms with Crippen LogP contribution in [0.5, 0.6) is 0 Å². The van der Waals surface area contributed by atoms with Crippen LogP contribution in [0.4, 0.5) is 0 Å². The standard InChI is InChI=1S/C15H24N2O2S2/c1-2-15(8-3-9-15)11-17-21(18,19)14-7-6-13(20-14)10-16-12-4-5-12/h6-7,12,16-17H,2-5,8-11H2,1H3. The molecule has 2 aliphatic rings. The predicted molar refractivity (Wildman–Crippen MR) is 85.9 cm³/mol. The van der Waals surface area contributed by atoms with Crippen LogP contribution in [0.25, 0.3) is 0 Å². The van der Waals surface area contributed by atoms with Crippen molar-refractivity contribution in [2.24, 2.45) is 5.41 Å². The average Bonchev–Trinajstić information content (AvgIpc) is 3.12. The number of sulfonamides is 1. The minimum Gasteiger partial charge on any atom is -0.309 e. The second-order valence-electron chi connectivity index (χ2n) is 6.41. The van der Waals surface area contributed by atoms with E-state index in [1.54, 1.807) is 6.07 Å². The van der Waals surface area contributed by atoms with Gasteiger partial charge in [-0.15, -0.1) is 11.3 Å². The van der Waals surface area contributed by atoms with Crippen LogP contribution in [0.15, 0.2) is 16.3 Å². The minimum atomic E-state index is -3.34. The molecule has 21 heavy (non-hydrogen) atoms. The lowest BCUT2D eigenvalue weighted by atomic mass is 9.67. The molecule has 1 heterocycles. The second-order valence-corrected chi connectivity index (χ2v) is 9.57. The van der Waals surface area contributed by atoms with E-state index in [1.165, 1.54) is 30.6 Å². The molecule has 0 atom stereocenters. The van der Waals surface area contributed by atoms with Gasteiger partial charge in [-0.1, -0.05) is 13.3 Å². The molecule has 1 aromatic rings. The first-order valence-corrected chi connectivity index (χ1v) is 10.1. The van der Waals surface area contributed by atoms with Gasteiger partial charge < -0.3 is 5.32 Å². The molecule has 2 N–H and O–H groups in total. The minimum absolute atomic E-state index is 0.209. The van der Waals surface area contributed by atoms with Crippen LogP contribution < -0.4 is 10.0 Å². The lowest BCUT2D eigenvalue weighted by Crippen LogP contribution is -2.41. The van der Waals surface area contributed by atoms with Crippen LogP contribution in [0.3, 0.4) is 0 Å². The number of rotatable bonds is 8. The Labute approximate surface area is 131 Å². The summed E-state index contributed by atoms with van der Waals surface area (Å²) >= 11 is 1.38. The molecule has 0 bridgehead atoms. The van der Waals surface area contributed by atoms with E-state index in [0.29, 0.717) is 16.8 Å². The van der Waals surface area contributed by atoms with Crippen molar-refractivity contribution in [1.82, 2.24) is 10.0 Å². The summed E-state index contributed by atoms with van der Waals surface area (Å²) in [4.78, 5) is 1.09. The normalized spacial score (nSPS) is 21.2. The fourth-order valence-electron chi connectivity index (χ4n) is 2.78. The molecule has 118 valence electrons. The van der Waals surface area contributed by atoms with Crippen LogP contribution >= 0.6 is 11.3 Å². The van der Waals surface area contributed by atoms with Gasteiger partial charge in [-0.05, 0) is 49.7 Å². The third-order valence-electron chi connectivity index (χ3n) is 4.85. The third-order valence-corrected chi connectivity index (χ3v) is 7.82. The Morgan fingerprint density at radius 1 is 1.33 bits per heavy atom. The highest BCUT2D eigenvalue weighted by atomic mass is 32.2. The Bertz CT molecular complexity index is 581. The first kappa shape index (κ1) is 15.5. The van der Waals surface area contributed by atoms with Crippen LogP contribution in [0.2, 0.25) is 0 Å². The Hall–Kier alpha value is -0.430. The van der Waals surface area contributed by atoms with Gasteiger partial charge in [-0.25, -0.2) is 13.1 Å². The van der Waals surface area contributed by atoms with Crippen molar-refractivity contribution in [3.8, 4) is 0 Å². The van der Waals surface area contributed by atoms with E-state index in [2.05, 4.69) is 17.0 Å². The summed E-state index contributed by atoms with van der Waals surface area (Å²) < 4.78 is 28.0. The summed E-state index contributed by atoms with van der Waals surface area (Å²) in [6, 6.07) is 4.30. The molecule has 2 aliphatic carbocycles. The average molecular weight is 329 g/mol. The maximum atomic E-state index is 12.4. The Kier molecular flexibility index (Phi) is 4.41. The van der Waals surface area contributed by atoms with Gasteiger partial charge in [-0.2, -0.15) is 0 Å². The molecule has 4 nitrogen and oxygen atoms in total. The summed E-state index contributed by atoms with van der Waals surface area (Å²) in [5.74, 6) is 0. The maximum Gasteiger partial charge on any atom is 0.250 e. The second kappa shape index (κ2) is 5.99. The third kappa shape index (κ3) is 3.67. The summed E-state index contributed by atoms with van der Waals surface area (Å²) in [6.07, 6.45) is 7.07. The van der Waals surface area contributed by atoms with Gasteiger partial charge in [0.1, 0.15) is 4.21 Å². The predicted octanol–water partition coefficient (Wildman–Crippen LogP) is 2.86. The number of nitrogens with one attached hydrogen (secondary N) is 2. The molecule has 0 unspecified atom stereocenters. The van der Waals surface area contributed by atoms with Crippen molar-refractivity contribution in [2.45, 2.75) is 62.2 Å². The SMILES string of the molecule is CCC1(CNS(=O)(=O)c2ccc(CNC3CC3)s2)CCC1. The van der Waals surface area contributed by atoms with Gasteiger partial charge in [0.05, 0.1) is 0 Å². The zero-order chi connectivity index (χ0) is 14.9. The van der Waals surface area contributed by atoms with Gasteiger partial charge >= 0.3 is 0 Å². The summed E-state index contributed by atoms with van der Waals surface area (Å²) in [5, 5.41) is 3.42. The van der Waals surface area contributed by atoms with Crippen molar-refractivity contribution >= 4 is 21.4 Å². The number of hydrogen-bond acceptors (Lipinski definition) is 4. The van der Waals surface area contributed by atoms with Gasteiger partial charge in [0.15, 0.2) is 0 Å². The lowest BCUT2D eigenvalue weighted by molar-refractivity contribution is 0.133. The topological polar surface area (TPSA) is 58.2 Å². The molecule has 0 amide bonds. The maximum absolute atomic E-state index is 12.4. The Morgan fingerprint density at radius 3 is 2.67 bits per heavy atom. The molecule has 0 aromatic carbocycles. The highest BCUT2D eigenvalue weighted by molar-refractivity contribution is 7.91. The number of hydrogen-bond donors (Lipinski definition) is 2. The van der Waals surface area contributed by atoms with E-state index >= 15 is 0 Å². The van der Waals surface area contributed by atoms with Gasteiger partial charge in [0.25, 0.3) is 0 Å². The summed E-state index contributed by atoms with van der Waals surface area (Å²) in [7, 11) is -3.34. The first-order chi connectivity index (χ1) is 10.0. The summed E-state index contributed by atoms with van der Waals surface area (Å²) in [5.41, 5.74) is 0.209. The zero-order valence-corrected chi connectivity index (χ0v) is 14.2. The Morgan fingerprint density at radius 2 is 2.10 bits per heavy atom. The molecule has 6 heteroatoms. The van der Waals surface area contributed by atoms with Crippen molar-refractivity contribution in [3.63, 3.8) is 0 Å². The van der Waals surface area contributed by atoms with E-state index in [4.69, 9.17) is 0 Å². The van der Waals surface area contributed by atoms with E-state index in [0.717, 1.165) is 30.7 Å². The lowest BCUT2D eigenvalue weighted by Gasteiger charge is -2.41. The van der Waals surface area contributed by atoms with Crippen LogP contribution in [0, 0.1) is 5.41 Å². The van der Waals surface area contributed by atoms with Crippen LogP contribution in [0.1, 0.15) is 50.3 Å². The van der Waals surface area contributed by atoms with E-state index in [-0.39, 0.29) is 5.41 Å². The molecule has 0 spiro atoms. The smallest absolute Gasteiger partial charge is 0.250 e. The molecule has 2 saturated carbocycles. The Balaban J connectivity index is 1.58. The van der Waals surface area contributed by atoms with E-state index in [9.17, 15) is 8.42 Å². The molecule has 2 fully saturated rings. The van der Waals surface area contributed by atoms with E-state index in [1.807, 2.05) is 6.07 Å². The van der Waals surface area contributed by atoms with Crippen LogP contribution in [-0.4, -0.2) is 21.0 Å². The molecule has 0 saturated heterocycles. The monoisotopic (exact) mass is 328 g/mol. The molecular weight excluding hydrogens is 304 g/mol. The number of thiophene rings is 1.